The molecule has 0 aromatic rings. The third kappa shape index (κ3) is 1.87. The molecule has 0 aromatic carbocycles. The van der Waals surface area contributed by atoms with E-state index in [1.165, 1.54) is 13.5 Å². The molecule has 0 N–H and O–H groups in total. The summed E-state index contributed by atoms with van der Waals surface area (Å²) in [5, 5.41) is 0. The van der Waals surface area contributed by atoms with Gasteiger partial charge >= 0.3 is 5.97 Å². The minimum Gasteiger partial charge on any atom is -0.466 e. The van der Waals surface area contributed by atoms with E-state index in [1.54, 1.807) is 6.92 Å². The highest BCUT2D eigenvalue weighted by Gasteiger charge is 2.44. The molecule has 0 saturated heterocycles. The number of hydrogen-bond acceptors (Lipinski definition) is 2. The van der Waals surface area contributed by atoms with E-state index in [2.05, 4.69) is 18.6 Å². The smallest absolute Gasteiger partial charge is 0.333 e. The molecular weight excluding hydrogens is 152 g/mol. The second-order valence-electron chi connectivity index (χ2n) is 4.14. The SMILES string of the molecule is COC(=O)C(C)=CC1CC1(C)C. The molecule has 1 saturated carbocycles. The molecule has 1 aliphatic rings. The van der Waals surface area contributed by atoms with Crippen LogP contribution in [0.25, 0.3) is 0 Å². The van der Waals surface area contributed by atoms with Gasteiger partial charge in [0, 0.05) is 5.57 Å². The average Bonchev–Trinajstić information content (AvgIpc) is 2.57. The summed E-state index contributed by atoms with van der Waals surface area (Å²) in [4.78, 5) is 11.0. The molecule has 0 amide bonds. The summed E-state index contributed by atoms with van der Waals surface area (Å²) < 4.78 is 4.60. The van der Waals surface area contributed by atoms with Gasteiger partial charge in [0.1, 0.15) is 0 Å². The highest BCUT2D eigenvalue weighted by atomic mass is 16.5. The van der Waals surface area contributed by atoms with E-state index in [-0.39, 0.29) is 5.97 Å². The van der Waals surface area contributed by atoms with Crippen molar-refractivity contribution in [3.63, 3.8) is 0 Å². The van der Waals surface area contributed by atoms with Crippen LogP contribution in [0.2, 0.25) is 0 Å². The van der Waals surface area contributed by atoms with Crippen LogP contribution in [-0.4, -0.2) is 13.1 Å². The first kappa shape index (κ1) is 9.30. The number of methoxy groups -OCH3 is 1. The summed E-state index contributed by atoms with van der Waals surface area (Å²) in [6.07, 6.45) is 3.20. The van der Waals surface area contributed by atoms with Crippen LogP contribution in [0.15, 0.2) is 11.6 Å². The van der Waals surface area contributed by atoms with Crippen molar-refractivity contribution >= 4 is 5.97 Å². The van der Waals surface area contributed by atoms with Gasteiger partial charge in [-0.25, -0.2) is 4.79 Å². The summed E-state index contributed by atoms with van der Waals surface area (Å²) in [5.41, 5.74) is 1.13. The molecule has 0 bridgehead atoms. The fourth-order valence-corrected chi connectivity index (χ4v) is 1.32. The van der Waals surface area contributed by atoms with Crippen molar-refractivity contribution in [2.45, 2.75) is 27.2 Å². The van der Waals surface area contributed by atoms with Crippen LogP contribution in [0.3, 0.4) is 0 Å². The molecule has 0 aliphatic heterocycles. The van der Waals surface area contributed by atoms with E-state index >= 15 is 0 Å². The minimum atomic E-state index is -0.210. The highest BCUT2D eigenvalue weighted by molar-refractivity contribution is 5.87. The Hall–Kier alpha value is -0.790. The Balaban J connectivity index is 2.54. The van der Waals surface area contributed by atoms with Gasteiger partial charge in [0.05, 0.1) is 7.11 Å². The predicted octanol–water partition coefficient (Wildman–Crippen LogP) is 2.15. The van der Waals surface area contributed by atoms with Crippen LogP contribution in [0, 0.1) is 11.3 Å². The molecule has 1 fully saturated rings. The maximum atomic E-state index is 11.0. The van der Waals surface area contributed by atoms with Gasteiger partial charge < -0.3 is 4.74 Å². The van der Waals surface area contributed by atoms with Crippen molar-refractivity contribution in [2.24, 2.45) is 11.3 Å². The van der Waals surface area contributed by atoms with Gasteiger partial charge in [-0.2, -0.15) is 0 Å². The summed E-state index contributed by atoms with van der Waals surface area (Å²) in [7, 11) is 1.41. The third-order valence-corrected chi connectivity index (χ3v) is 2.55. The molecule has 68 valence electrons. The maximum absolute atomic E-state index is 11.0. The summed E-state index contributed by atoms with van der Waals surface area (Å²) in [6.45, 7) is 6.22. The van der Waals surface area contributed by atoms with Gasteiger partial charge in [0.15, 0.2) is 0 Å². The normalized spacial score (nSPS) is 26.7. The molecule has 2 heteroatoms. The van der Waals surface area contributed by atoms with Gasteiger partial charge in [-0.1, -0.05) is 19.9 Å². The Kier molecular flexibility index (Phi) is 2.27. The molecular formula is C10H16O2. The molecule has 0 heterocycles. The second-order valence-corrected chi connectivity index (χ2v) is 4.14. The van der Waals surface area contributed by atoms with E-state index in [0.717, 1.165) is 5.57 Å². The number of ether oxygens (including phenoxy) is 1. The van der Waals surface area contributed by atoms with E-state index in [4.69, 9.17) is 0 Å². The minimum absolute atomic E-state index is 0.210. The third-order valence-electron chi connectivity index (χ3n) is 2.55. The predicted molar refractivity (Wildman–Crippen MR) is 47.7 cm³/mol. The molecule has 1 rings (SSSR count). The lowest BCUT2D eigenvalue weighted by atomic mass is 10.1. The van der Waals surface area contributed by atoms with Crippen molar-refractivity contribution < 1.29 is 9.53 Å². The second kappa shape index (κ2) is 2.92. The molecule has 12 heavy (non-hydrogen) atoms. The first-order valence-electron chi connectivity index (χ1n) is 4.24. The lowest BCUT2D eigenvalue weighted by molar-refractivity contribution is -0.136. The first-order valence-corrected chi connectivity index (χ1v) is 4.24. The first-order chi connectivity index (χ1) is 5.47. The molecule has 0 radical (unpaired) electrons. The average molecular weight is 168 g/mol. The fourth-order valence-electron chi connectivity index (χ4n) is 1.32. The van der Waals surface area contributed by atoms with Crippen molar-refractivity contribution in [1.82, 2.24) is 0 Å². The number of allylic oxidation sites excluding steroid dienone is 1. The topological polar surface area (TPSA) is 26.3 Å². The number of rotatable bonds is 2. The zero-order chi connectivity index (χ0) is 9.35. The fraction of sp³-hybridized carbons (Fsp3) is 0.700. The van der Waals surface area contributed by atoms with Crippen molar-refractivity contribution in [3.8, 4) is 0 Å². The number of esters is 1. The highest BCUT2D eigenvalue weighted by Crippen LogP contribution is 2.52. The van der Waals surface area contributed by atoms with Gasteiger partial charge in [-0.15, -0.1) is 0 Å². The van der Waals surface area contributed by atoms with Crippen LogP contribution < -0.4 is 0 Å². The Bertz CT molecular complexity index is 226. The summed E-state index contributed by atoms with van der Waals surface area (Å²) in [6, 6.07) is 0. The van der Waals surface area contributed by atoms with E-state index in [1.807, 2.05) is 6.08 Å². The van der Waals surface area contributed by atoms with Gasteiger partial charge in [-0.3, -0.25) is 0 Å². The largest absolute Gasteiger partial charge is 0.466 e. The lowest BCUT2D eigenvalue weighted by Gasteiger charge is -2.00. The maximum Gasteiger partial charge on any atom is 0.333 e. The Morgan fingerprint density at radius 3 is 2.42 bits per heavy atom. The van der Waals surface area contributed by atoms with Crippen LogP contribution in [0.4, 0.5) is 0 Å². The Morgan fingerprint density at radius 2 is 2.08 bits per heavy atom. The molecule has 0 aromatic heterocycles. The van der Waals surface area contributed by atoms with Gasteiger partial charge in [0.2, 0.25) is 0 Å². The van der Waals surface area contributed by atoms with E-state index in [0.29, 0.717) is 11.3 Å². The monoisotopic (exact) mass is 168 g/mol. The zero-order valence-electron chi connectivity index (χ0n) is 8.18. The molecule has 1 aliphatic carbocycles. The van der Waals surface area contributed by atoms with Crippen LogP contribution >= 0.6 is 0 Å². The molecule has 2 nitrogen and oxygen atoms in total. The standard InChI is InChI=1S/C10H16O2/c1-7(9(11)12-4)5-8-6-10(8,2)3/h5,8H,6H2,1-4H3. The Labute approximate surface area is 73.6 Å². The number of carbonyl (C=O) groups excluding carboxylic acids is 1. The molecule has 0 spiro atoms. The molecule has 1 unspecified atom stereocenters. The van der Waals surface area contributed by atoms with Gasteiger partial charge in [-0.05, 0) is 24.7 Å². The summed E-state index contributed by atoms with van der Waals surface area (Å²) >= 11 is 0. The van der Waals surface area contributed by atoms with E-state index in [9.17, 15) is 4.79 Å². The lowest BCUT2D eigenvalue weighted by Crippen LogP contribution is -2.02. The van der Waals surface area contributed by atoms with Crippen molar-refractivity contribution in [1.29, 1.82) is 0 Å². The quantitative estimate of drug-likeness (QED) is 0.466. The van der Waals surface area contributed by atoms with Crippen molar-refractivity contribution in [3.05, 3.63) is 11.6 Å². The van der Waals surface area contributed by atoms with Crippen LogP contribution in [0.1, 0.15) is 27.2 Å². The number of carbonyl (C=O) groups is 1. The Morgan fingerprint density at radius 1 is 1.58 bits per heavy atom. The zero-order valence-corrected chi connectivity index (χ0v) is 8.18. The van der Waals surface area contributed by atoms with Crippen LogP contribution in [0.5, 0.6) is 0 Å². The number of hydrogen-bond donors (Lipinski definition) is 0. The van der Waals surface area contributed by atoms with E-state index < -0.39 is 0 Å². The van der Waals surface area contributed by atoms with Gasteiger partial charge in [0.25, 0.3) is 0 Å². The van der Waals surface area contributed by atoms with Crippen molar-refractivity contribution in [2.75, 3.05) is 7.11 Å². The summed E-state index contributed by atoms with van der Waals surface area (Å²) in [5.74, 6) is 0.356. The van der Waals surface area contributed by atoms with Crippen LogP contribution in [-0.2, 0) is 9.53 Å². The molecule has 1 atom stereocenters.